The Bertz CT molecular complexity index is 832. The molecule has 1 atom stereocenters. The Morgan fingerprint density at radius 2 is 1.74 bits per heavy atom. The van der Waals surface area contributed by atoms with Crippen molar-refractivity contribution in [3.63, 3.8) is 0 Å². The third-order valence-electron chi connectivity index (χ3n) is 5.27. The third kappa shape index (κ3) is 4.21. The number of halogens is 2. The molecule has 4 nitrogen and oxygen atoms in total. The first kappa shape index (κ1) is 19.1. The smallest absolute Gasteiger partial charge is 0.317 e. The summed E-state index contributed by atoms with van der Waals surface area (Å²) in [5, 5.41) is 2.87. The van der Waals surface area contributed by atoms with Crippen molar-refractivity contribution >= 4 is 11.7 Å². The molecule has 6 heteroatoms. The molecule has 0 saturated carbocycles. The van der Waals surface area contributed by atoms with Crippen LogP contribution in [0.4, 0.5) is 19.3 Å². The number of hydrogen-bond acceptors (Lipinski definition) is 2. The predicted molar refractivity (Wildman–Crippen MR) is 103 cm³/mol. The van der Waals surface area contributed by atoms with E-state index in [4.69, 9.17) is 0 Å². The Kier molecular flexibility index (Phi) is 5.63. The van der Waals surface area contributed by atoms with E-state index in [0.717, 1.165) is 25.2 Å². The average molecular weight is 373 g/mol. The summed E-state index contributed by atoms with van der Waals surface area (Å²) in [6.07, 6.45) is 0. The highest BCUT2D eigenvalue weighted by molar-refractivity contribution is 5.75. The molecule has 0 spiro atoms. The van der Waals surface area contributed by atoms with Crippen molar-refractivity contribution in [3.8, 4) is 0 Å². The molecule has 27 heavy (non-hydrogen) atoms. The minimum absolute atomic E-state index is 0.187. The highest BCUT2D eigenvalue weighted by Gasteiger charge is 2.23. The van der Waals surface area contributed by atoms with Gasteiger partial charge in [0.05, 0.1) is 6.04 Å². The molecule has 1 saturated heterocycles. The number of nitrogens with zero attached hydrogens (tertiary/aromatic N) is 2. The van der Waals surface area contributed by atoms with E-state index < -0.39 is 17.7 Å². The van der Waals surface area contributed by atoms with E-state index in [1.165, 1.54) is 22.9 Å². The van der Waals surface area contributed by atoms with Crippen LogP contribution < -0.4 is 10.2 Å². The van der Waals surface area contributed by atoms with Crippen molar-refractivity contribution in [3.05, 3.63) is 64.7 Å². The predicted octanol–water partition coefficient (Wildman–Crippen LogP) is 4.17. The first-order valence-corrected chi connectivity index (χ1v) is 9.18. The molecule has 1 N–H and O–H groups in total. The molecule has 3 rings (SSSR count). The summed E-state index contributed by atoms with van der Waals surface area (Å²) >= 11 is 0. The molecule has 0 aromatic heterocycles. The number of carbonyl (C=O) groups excluding carboxylic acids is 1. The zero-order valence-corrected chi connectivity index (χ0v) is 15.9. The lowest BCUT2D eigenvalue weighted by molar-refractivity contribution is 0.191. The molecule has 0 bridgehead atoms. The number of piperazine rings is 1. The van der Waals surface area contributed by atoms with Crippen LogP contribution in [0.15, 0.2) is 36.4 Å². The quantitative estimate of drug-likeness (QED) is 0.876. The Morgan fingerprint density at radius 1 is 1.04 bits per heavy atom. The van der Waals surface area contributed by atoms with E-state index in [-0.39, 0.29) is 6.03 Å². The summed E-state index contributed by atoms with van der Waals surface area (Å²) in [7, 11) is 0. The second-order valence-electron chi connectivity index (χ2n) is 7.04. The lowest BCUT2D eigenvalue weighted by Gasteiger charge is -2.37. The van der Waals surface area contributed by atoms with Crippen molar-refractivity contribution in [1.29, 1.82) is 0 Å². The summed E-state index contributed by atoms with van der Waals surface area (Å²) in [6, 6.07) is 9.38. The molecule has 2 aromatic rings. The van der Waals surface area contributed by atoms with Gasteiger partial charge in [-0.2, -0.15) is 0 Å². The Balaban J connectivity index is 1.58. The fourth-order valence-corrected chi connectivity index (χ4v) is 3.37. The van der Waals surface area contributed by atoms with Crippen molar-refractivity contribution in [2.45, 2.75) is 26.8 Å². The molecule has 0 unspecified atom stereocenters. The van der Waals surface area contributed by atoms with Gasteiger partial charge in [0.25, 0.3) is 0 Å². The number of nitrogens with one attached hydrogen (secondary N) is 1. The number of amides is 2. The van der Waals surface area contributed by atoms with Crippen LogP contribution in [0.2, 0.25) is 0 Å². The fraction of sp³-hybridized carbons (Fsp3) is 0.381. The summed E-state index contributed by atoms with van der Waals surface area (Å²) in [5.74, 6) is -1.80. The van der Waals surface area contributed by atoms with Gasteiger partial charge in [-0.3, -0.25) is 0 Å². The number of benzene rings is 2. The molecule has 144 valence electrons. The Labute approximate surface area is 158 Å². The zero-order valence-electron chi connectivity index (χ0n) is 15.9. The number of rotatable bonds is 3. The van der Waals surface area contributed by atoms with Gasteiger partial charge in [0.15, 0.2) is 11.6 Å². The van der Waals surface area contributed by atoms with Gasteiger partial charge in [-0.25, -0.2) is 13.6 Å². The molecule has 0 radical (unpaired) electrons. The molecule has 1 aliphatic heterocycles. The van der Waals surface area contributed by atoms with E-state index in [1.807, 2.05) is 0 Å². The number of carbonyl (C=O) groups is 1. The van der Waals surface area contributed by atoms with Gasteiger partial charge >= 0.3 is 6.03 Å². The number of anilines is 1. The van der Waals surface area contributed by atoms with Crippen LogP contribution in [0.1, 0.15) is 29.7 Å². The Hall–Kier alpha value is -2.63. The largest absolute Gasteiger partial charge is 0.368 e. The lowest BCUT2D eigenvalue weighted by atomic mass is 10.1. The van der Waals surface area contributed by atoms with Gasteiger partial charge in [0, 0.05) is 31.9 Å². The van der Waals surface area contributed by atoms with Crippen molar-refractivity contribution in [2.75, 3.05) is 31.1 Å². The molecule has 1 heterocycles. The number of aryl methyl sites for hydroxylation is 1. The minimum Gasteiger partial charge on any atom is -0.368 e. The normalized spacial score (nSPS) is 15.6. The third-order valence-corrected chi connectivity index (χ3v) is 5.27. The zero-order chi connectivity index (χ0) is 19.6. The SMILES string of the molecule is Cc1cccc(N2CCN(C(=O)N[C@@H](C)c3ccc(F)c(F)c3)CC2)c1C. The molecule has 2 aromatic carbocycles. The lowest BCUT2D eigenvalue weighted by Crippen LogP contribution is -2.52. The van der Waals surface area contributed by atoms with Gasteiger partial charge < -0.3 is 15.1 Å². The van der Waals surface area contributed by atoms with E-state index in [9.17, 15) is 13.6 Å². The van der Waals surface area contributed by atoms with Gasteiger partial charge in [-0.1, -0.05) is 18.2 Å². The maximum Gasteiger partial charge on any atom is 0.317 e. The topological polar surface area (TPSA) is 35.6 Å². The van der Waals surface area contributed by atoms with E-state index in [0.29, 0.717) is 18.7 Å². The highest BCUT2D eigenvalue weighted by atomic mass is 19.2. The van der Waals surface area contributed by atoms with Crippen LogP contribution in [0.25, 0.3) is 0 Å². The van der Waals surface area contributed by atoms with Crippen molar-refractivity contribution in [2.24, 2.45) is 0 Å². The summed E-state index contributed by atoms with van der Waals surface area (Å²) < 4.78 is 26.5. The van der Waals surface area contributed by atoms with E-state index in [1.54, 1.807) is 11.8 Å². The standard InChI is InChI=1S/C21H25F2N3O/c1-14-5-4-6-20(15(14)2)25-9-11-26(12-10-25)21(27)24-16(3)17-7-8-18(22)19(23)13-17/h4-8,13,16H,9-12H2,1-3H3,(H,24,27)/t16-/m0/s1. The average Bonchev–Trinajstić information content (AvgIpc) is 2.66. The maximum atomic E-state index is 13.4. The first-order chi connectivity index (χ1) is 12.9. The second kappa shape index (κ2) is 7.94. The van der Waals surface area contributed by atoms with Gasteiger partial charge in [0.2, 0.25) is 0 Å². The summed E-state index contributed by atoms with van der Waals surface area (Å²) in [4.78, 5) is 16.6. The molecule has 1 aliphatic rings. The molecular formula is C21H25F2N3O. The van der Waals surface area contributed by atoms with Crippen molar-refractivity contribution < 1.29 is 13.6 Å². The van der Waals surface area contributed by atoms with Gasteiger partial charge in [0.1, 0.15) is 0 Å². The summed E-state index contributed by atoms with van der Waals surface area (Å²) in [5.41, 5.74) is 4.27. The molecule has 0 aliphatic carbocycles. The molecule has 2 amide bonds. The van der Waals surface area contributed by atoms with E-state index in [2.05, 4.69) is 42.3 Å². The highest BCUT2D eigenvalue weighted by Crippen LogP contribution is 2.24. The van der Waals surface area contributed by atoms with Crippen molar-refractivity contribution in [1.82, 2.24) is 10.2 Å². The first-order valence-electron chi connectivity index (χ1n) is 9.18. The van der Waals surface area contributed by atoms with Crippen LogP contribution in [0, 0.1) is 25.5 Å². The minimum atomic E-state index is -0.907. The van der Waals surface area contributed by atoms with Crippen LogP contribution in [-0.4, -0.2) is 37.1 Å². The van der Waals surface area contributed by atoms with Crippen LogP contribution in [-0.2, 0) is 0 Å². The fourth-order valence-electron chi connectivity index (χ4n) is 3.37. The number of hydrogen-bond donors (Lipinski definition) is 1. The molecule has 1 fully saturated rings. The van der Waals surface area contributed by atoms with Crippen LogP contribution in [0.3, 0.4) is 0 Å². The Morgan fingerprint density at radius 3 is 2.41 bits per heavy atom. The maximum absolute atomic E-state index is 13.4. The molecular weight excluding hydrogens is 348 g/mol. The number of urea groups is 1. The van der Waals surface area contributed by atoms with E-state index >= 15 is 0 Å². The summed E-state index contributed by atoms with van der Waals surface area (Å²) in [6.45, 7) is 8.73. The second-order valence-corrected chi connectivity index (χ2v) is 7.04. The van der Waals surface area contributed by atoms with Crippen LogP contribution in [0.5, 0.6) is 0 Å². The monoisotopic (exact) mass is 373 g/mol. The van der Waals surface area contributed by atoms with Gasteiger partial charge in [-0.05, 0) is 55.7 Å². The van der Waals surface area contributed by atoms with Gasteiger partial charge in [-0.15, -0.1) is 0 Å². The van der Waals surface area contributed by atoms with Crippen LogP contribution >= 0.6 is 0 Å².